The number of thiophene rings is 1. The summed E-state index contributed by atoms with van der Waals surface area (Å²) in [7, 11) is 0. The molecule has 34 heavy (non-hydrogen) atoms. The normalized spacial score (nSPS) is 14.5. The van der Waals surface area contributed by atoms with E-state index in [1.54, 1.807) is 23.6 Å². The number of anilines is 2. The molecule has 0 aliphatic carbocycles. The van der Waals surface area contributed by atoms with Crippen LogP contribution in [0.2, 0.25) is 0 Å². The van der Waals surface area contributed by atoms with Crippen molar-refractivity contribution in [3.63, 3.8) is 0 Å². The van der Waals surface area contributed by atoms with Crippen LogP contribution in [0.1, 0.15) is 24.0 Å². The van der Waals surface area contributed by atoms with Crippen molar-refractivity contribution in [2.45, 2.75) is 26.3 Å². The van der Waals surface area contributed by atoms with Crippen LogP contribution in [-0.2, 0) is 11.3 Å². The van der Waals surface area contributed by atoms with Crippen molar-refractivity contribution in [1.82, 2.24) is 9.55 Å². The smallest absolute Gasteiger partial charge is 0.273 e. The van der Waals surface area contributed by atoms with Gasteiger partial charge in [-0.3, -0.25) is 14.2 Å². The summed E-state index contributed by atoms with van der Waals surface area (Å²) in [6.07, 6.45) is 1.30. The summed E-state index contributed by atoms with van der Waals surface area (Å²) in [5, 5.41) is 4.81. The van der Waals surface area contributed by atoms with Crippen molar-refractivity contribution < 1.29 is 9.18 Å². The molecule has 0 unspecified atom stereocenters. The van der Waals surface area contributed by atoms with Crippen LogP contribution in [0.5, 0.6) is 0 Å². The lowest BCUT2D eigenvalue weighted by atomic mass is 9.96. The number of amides is 1. The number of benzene rings is 2. The lowest BCUT2D eigenvalue weighted by Crippen LogP contribution is -2.41. The Hall–Kier alpha value is -3.52. The van der Waals surface area contributed by atoms with Crippen molar-refractivity contribution in [2.24, 2.45) is 5.92 Å². The van der Waals surface area contributed by atoms with Crippen LogP contribution < -0.4 is 15.8 Å². The van der Waals surface area contributed by atoms with Gasteiger partial charge in [-0.05, 0) is 60.5 Å². The second-order valence-corrected chi connectivity index (χ2v) is 9.55. The minimum atomic E-state index is -0.289. The molecular formula is C26H25FN4O2S. The number of piperidine rings is 1. The number of hydrogen-bond acceptors (Lipinski definition) is 5. The zero-order valence-electron chi connectivity index (χ0n) is 18.8. The Kier molecular flexibility index (Phi) is 6.15. The van der Waals surface area contributed by atoms with Gasteiger partial charge in [-0.25, -0.2) is 9.37 Å². The first-order chi connectivity index (χ1) is 16.5. The monoisotopic (exact) mass is 476 g/mol. The molecule has 2 aromatic carbocycles. The molecule has 1 aliphatic rings. The molecule has 6 nitrogen and oxygen atoms in total. The van der Waals surface area contributed by atoms with Crippen LogP contribution in [0, 0.1) is 18.7 Å². The largest absolute Gasteiger partial charge is 0.342 e. The Morgan fingerprint density at radius 1 is 1.15 bits per heavy atom. The Morgan fingerprint density at radius 3 is 2.65 bits per heavy atom. The van der Waals surface area contributed by atoms with E-state index in [0.29, 0.717) is 59.9 Å². The van der Waals surface area contributed by atoms with Gasteiger partial charge in [0, 0.05) is 24.7 Å². The zero-order valence-corrected chi connectivity index (χ0v) is 19.6. The van der Waals surface area contributed by atoms with Crippen molar-refractivity contribution in [1.29, 1.82) is 0 Å². The maximum absolute atomic E-state index is 13.5. The molecule has 0 bridgehead atoms. The van der Waals surface area contributed by atoms with Gasteiger partial charge < -0.3 is 10.2 Å². The molecule has 3 heterocycles. The highest BCUT2D eigenvalue weighted by Crippen LogP contribution is 2.26. The fourth-order valence-electron chi connectivity index (χ4n) is 4.39. The van der Waals surface area contributed by atoms with Gasteiger partial charge in [0.15, 0.2) is 0 Å². The zero-order chi connectivity index (χ0) is 23.7. The summed E-state index contributed by atoms with van der Waals surface area (Å²) in [6.45, 7) is 3.37. The quantitative estimate of drug-likeness (QED) is 0.449. The van der Waals surface area contributed by atoms with Gasteiger partial charge in [-0.1, -0.05) is 30.3 Å². The number of aromatic nitrogens is 2. The van der Waals surface area contributed by atoms with Crippen LogP contribution in [-0.4, -0.2) is 28.5 Å². The molecule has 0 radical (unpaired) electrons. The first-order valence-electron chi connectivity index (χ1n) is 11.3. The number of halogens is 1. The van der Waals surface area contributed by atoms with Crippen molar-refractivity contribution >= 4 is 39.1 Å². The van der Waals surface area contributed by atoms with E-state index in [4.69, 9.17) is 4.98 Å². The molecular weight excluding hydrogens is 451 g/mol. The second-order valence-electron chi connectivity index (χ2n) is 8.64. The highest BCUT2D eigenvalue weighted by Gasteiger charge is 2.28. The number of nitrogens with one attached hydrogen (secondary N) is 1. The van der Waals surface area contributed by atoms with E-state index in [1.165, 1.54) is 17.4 Å². The van der Waals surface area contributed by atoms with Crippen molar-refractivity contribution in [2.75, 3.05) is 23.3 Å². The molecule has 0 spiro atoms. The topological polar surface area (TPSA) is 67.2 Å². The summed E-state index contributed by atoms with van der Waals surface area (Å²) in [4.78, 5) is 33.1. The predicted molar refractivity (Wildman–Crippen MR) is 134 cm³/mol. The first kappa shape index (κ1) is 22.3. The summed E-state index contributed by atoms with van der Waals surface area (Å²) < 4.78 is 15.9. The van der Waals surface area contributed by atoms with E-state index in [9.17, 15) is 14.0 Å². The first-order valence-corrected chi connectivity index (χ1v) is 12.2. The van der Waals surface area contributed by atoms with Gasteiger partial charge in [-0.15, -0.1) is 11.3 Å². The fraction of sp³-hybridized carbons (Fsp3) is 0.269. The van der Waals surface area contributed by atoms with Gasteiger partial charge >= 0.3 is 0 Å². The standard InChI is InChI=1S/C26H25FN4O2S/c1-17-15-20(7-8-21(17)27)28-24(32)19-9-12-30(13-10-19)26-29-22-11-14-34-23(22)25(33)31(26)16-18-5-3-2-4-6-18/h2-8,11,14-15,19H,9-10,12-13,16H2,1H3,(H,28,32). The molecule has 0 saturated carbocycles. The van der Waals surface area contributed by atoms with Gasteiger partial charge in [0.2, 0.25) is 11.9 Å². The maximum atomic E-state index is 13.5. The highest BCUT2D eigenvalue weighted by atomic mass is 32.1. The molecule has 5 rings (SSSR count). The van der Waals surface area contributed by atoms with Crippen LogP contribution in [0.3, 0.4) is 0 Å². The number of aryl methyl sites for hydroxylation is 1. The van der Waals surface area contributed by atoms with Crippen LogP contribution in [0.25, 0.3) is 10.2 Å². The Balaban J connectivity index is 1.35. The molecule has 2 aromatic heterocycles. The van der Waals surface area contributed by atoms with E-state index < -0.39 is 0 Å². The number of carbonyl (C=O) groups is 1. The molecule has 1 aliphatic heterocycles. The summed E-state index contributed by atoms with van der Waals surface area (Å²) in [6, 6.07) is 16.4. The molecule has 0 atom stereocenters. The van der Waals surface area contributed by atoms with E-state index >= 15 is 0 Å². The van der Waals surface area contributed by atoms with Gasteiger partial charge in [-0.2, -0.15) is 0 Å². The maximum Gasteiger partial charge on any atom is 0.273 e. The Morgan fingerprint density at radius 2 is 1.91 bits per heavy atom. The molecule has 1 fully saturated rings. The van der Waals surface area contributed by atoms with E-state index in [1.807, 2.05) is 41.8 Å². The fourth-order valence-corrected chi connectivity index (χ4v) is 5.17. The van der Waals surface area contributed by atoms with Gasteiger partial charge in [0.05, 0.1) is 12.1 Å². The number of fused-ring (bicyclic) bond motifs is 1. The molecule has 1 amide bonds. The highest BCUT2D eigenvalue weighted by molar-refractivity contribution is 7.17. The summed E-state index contributed by atoms with van der Waals surface area (Å²) >= 11 is 1.41. The third kappa shape index (κ3) is 4.46. The average Bonchev–Trinajstić information content (AvgIpc) is 3.33. The Bertz CT molecular complexity index is 1390. The van der Waals surface area contributed by atoms with E-state index in [-0.39, 0.29) is 23.2 Å². The van der Waals surface area contributed by atoms with Crippen molar-refractivity contribution in [3.05, 3.63) is 87.3 Å². The average molecular weight is 477 g/mol. The lowest BCUT2D eigenvalue weighted by molar-refractivity contribution is -0.120. The minimum Gasteiger partial charge on any atom is -0.342 e. The molecule has 1 saturated heterocycles. The summed E-state index contributed by atoms with van der Waals surface area (Å²) in [5.74, 6) is 0.144. The minimum absolute atomic E-state index is 0.0367. The van der Waals surface area contributed by atoms with E-state index in [0.717, 1.165) is 5.56 Å². The predicted octanol–water partition coefficient (Wildman–Crippen LogP) is 4.81. The number of carbonyl (C=O) groups excluding carboxylic acids is 1. The molecule has 1 N–H and O–H groups in total. The molecule has 174 valence electrons. The molecule has 4 aromatic rings. The van der Waals surface area contributed by atoms with Crippen LogP contribution in [0.4, 0.5) is 16.0 Å². The summed E-state index contributed by atoms with van der Waals surface area (Å²) in [5.41, 5.74) is 2.81. The number of hydrogen-bond donors (Lipinski definition) is 1. The second kappa shape index (κ2) is 9.38. The van der Waals surface area contributed by atoms with Crippen molar-refractivity contribution in [3.8, 4) is 0 Å². The van der Waals surface area contributed by atoms with Gasteiger partial charge in [0.1, 0.15) is 10.5 Å². The van der Waals surface area contributed by atoms with E-state index in [2.05, 4.69) is 10.2 Å². The van der Waals surface area contributed by atoms with Crippen LogP contribution >= 0.6 is 11.3 Å². The third-order valence-electron chi connectivity index (χ3n) is 6.30. The van der Waals surface area contributed by atoms with Crippen LogP contribution in [0.15, 0.2) is 64.8 Å². The lowest BCUT2D eigenvalue weighted by Gasteiger charge is -2.33. The SMILES string of the molecule is Cc1cc(NC(=O)C2CCN(c3nc4ccsc4c(=O)n3Cc3ccccc3)CC2)ccc1F. The third-order valence-corrected chi connectivity index (χ3v) is 7.19. The number of rotatable bonds is 5. The number of nitrogens with zero attached hydrogens (tertiary/aromatic N) is 3. The van der Waals surface area contributed by atoms with Gasteiger partial charge in [0.25, 0.3) is 5.56 Å². The Labute approximate surface area is 200 Å². The molecule has 8 heteroatoms.